The standard InChI is InChI=1S/C35H49N3O4S3/c1-7-35(38(8-2)9-3,26-27-14-12-11-13-15-27)31(40)28-16-18-29(19-17-28)36-21-23-37(24-22-36)32(41)34(5,6)45-33(43)44-25-20-30(39)42-10-4/h11-19H,7-10,20-26H2,1-6H3. The number of carbonyl (C=O) groups is 3. The number of likely N-dealkylation sites (N-methyl/N-ethyl adjacent to an activating group) is 1. The predicted octanol–water partition coefficient (Wildman–Crippen LogP) is 6.73. The van der Waals surface area contributed by atoms with Crippen molar-refractivity contribution in [2.24, 2.45) is 0 Å². The van der Waals surface area contributed by atoms with E-state index in [1.807, 2.05) is 61.2 Å². The summed E-state index contributed by atoms with van der Waals surface area (Å²) in [6, 6.07) is 18.3. The fourth-order valence-electron chi connectivity index (χ4n) is 5.98. The Bertz CT molecular complexity index is 1280. The molecule has 3 rings (SSSR count). The van der Waals surface area contributed by atoms with E-state index in [0.29, 0.717) is 54.9 Å². The first kappa shape index (κ1) is 37.1. The molecule has 0 aliphatic carbocycles. The van der Waals surface area contributed by atoms with Crippen LogP contribution < -0.4 is 4.90 Å². The second-order valence-electron chi connectivity index (χ2n) is 11.6. The second-order valence-corrected chi connectivity index (χ2v) is 15.6. The van der Waals surface area contributed by atoms with E-state index in [2.05, 4.69) is 42.7 Å². The fraction of sp³-hybridized carbons (Fsp3) is 0.543. The van der Waals surface area contributed by atoms with Crippen molar-refractivity contribution in [1.82, 2.24) is 9.80 Å². The summed E-state index contributed by atoms with van der Waals surface area (Å²) in [6.07, 6.45) is 1.70. The molecule has 1 atom stereocenters. The van der Waals surface area contributed by atoms with Gasteiger partial charge in [0.15, 0.2) is 5.78 Å². The number of hydrogen-bond donors (Lipinski definition) is 0. The maximum atomic E-state index is 14.2. The number of ether oxygens (including phenoxy) is 1. The molecule has 0 spiro atoms. The van der Waals surface area contributed by atoms with Crippen LogP contribution in [-0.4, -0.2) is 92.9 Å². The number of piperazine rings is 1. The molecule has 45 heavy (non-hydrogen) atoms. The van der Waals surface area contributed by atoms with E-state index in [0.717, 1.165) is 30.8 Å². The van der Waals surface area contributed by atoms with Crippen LogP contribution in [0, 0.1) is 0 Å². The van der Waals surface area contributed by atoms with Gasteiger partial charge in [-0.2, -0.15) is 0 Å². The van der Waals surface area contributed by atoms with Gasteiger partial charge in [-0.05, 0) is 76.5 Å². The summed E-state index contributed by atoms with van der Waals surface area (Å²) in [4.78, 5) is 45.8. The third-order valence-electron chi connectivity index (χ3n) is 8.46. The minimum atomic E-state index is -0.700. The maximum absolute atomic E-state index is 14.2. The molecule has 1 fully saturated rings. The lowest BCUT2D eigenvalue weighted by atomic mass is 9.79. The van der Waals surface area contributed by atoms with E-state index in [9.17, 15) is 14.4 Å². The zero-order valence-electron chi connectivity index (χ0n) is 27.7. The van der Waals surface area contributed by atoms with E-state index in [-0.39, 0.29) is 17.7 Å². The van der Waals surface area contributed by atoms with Crippen LogP contribution in [0.3, 0.4) is 0 Å². The molecule has 0 bridgehead atoms. The Labute approximate surface area is 283 Å². The van der Waals surface area contributed by atoms with Gasteiger partial charge >= 0.3 is 5.97 Å². The van der Waals surface area contributed by atoms with Gasteiger partial charge in [0, 0.05) is 43.2 Å². The van der Waals surface area contributed by atoms with Crippen molar-refractivity contribution < 1.29 is 19.1 Å². The predicted molar refractivity (Wildman–Crippen MR) is 194 cm³/mol. The van der Waals surface area contributed by atoms with Crippen molar-refractivity contribution in [3.63, 3.8) is 0 Å². The SMILES string of the molecule is CCOC(=O)CCSC(=S)SC(C)(C)C(=O)N1CCN(c2ccc(C(=O)C(CC)(Cc3ccccc3)N(CC)CC)cc2)CC1. The third-order valence-corrected chi connectivity index (χ3v) is 11.2. The normalized spacial score (nSPS) is 15.1. The van der Waals surface area contributed by atoms with Crippen molar-refractivity contribution >= 4 is 62.6 Å². The highest BCUT2D eigenvalue weighted by Gasteiger charge is 2.42. The number of anilines is 1. The van der Waals surface area contributed by atoms with Crippen LogP contribution in [0.2, 0.25) is 0 Å². The number of thiocarbonyl (C=S) groups is 1. The molecule has 1 heterocycles. The van der Waals surface area contributed by atoms with Crippen LogP contribution in [-0.2, 0) is 20.7 Å². The Kier molecular flexibility index (Phi) is 14.4. The molecular weight excluding hydrogens is 623 g/mol. The lowest BCUT2D eigenvalue weighted by molar-refractivity contribution is -0.142. The van der Waals surface area contributed by atoms with E-state index in [1.54, 1.807) is 6.92 Å². The number of rotatable bonds is 15. The molecular formula is C35H49N3O4S3. The highest BCUT2D eigenvalue weighted by atomic mass is 32.2. The molecule has 10 heteroatoms. The number of nitrogens with zero attached hydrogens (tertiary/aromatic N) is 3. The fourth-order valence-corrected chi connectivity index (χ4v) is 9.03. The van der Waals surface area contributed by atoms with Crippen LogP contribution >= 0.6 is 35.7 Å². The number of Topliss-reactive ketones (excluding diaryl/α,β-unsaturated/α-hetero) is 1. The molecule has 246 valence electrons. The van der Waals surface area contributed by atoms with E-state index >= 15 is 0 Å². The lowest BCUT2D eigenvalue weighted by Gasteiger charge is -2.42. The van der Waals surface area contributed by atoms with Gasteiger partial charge in [0.2, 0.25) is 5.91 Å². The van der Waals surface area contributed by atoms with E-state index in [4.69, 9.17) is 17.0 Å². The summed E-state index contributed by atoms with van der Waals surface area (Å²) in [5.74, 6) is 0.535. The number of ketones is 1. The average molecular weight is 672 g/mol. The summed E-state index contributed by atoms with van der Waals surface area (Å²) >= 11 is 8.31. The Morgan fingerprint density at radius 1 is 0.911 bits per heavy atom. The molecule has 0 radical (unpaired) electrons. The molecule has 0 saturated carbocycles. The van der Waals surface area contributed by atoms with Gasteiger partial charge < -0.3 is 14.5 Å². The minimum Gasteiger partial charge on any atom is -0.466 e. The molecule has 2 aromatic carbocycles. The molecule has 0 N–H and O–H groups in total. The van der Waals surface area contributed by atoms with Crippen molar-refractivity contribution in [2.45, 2.75) is 71.1 Å². The van der Waals surface area contributed by atoms with Crippen LogP contribution in [0.1, 0.15) is 70.3 Å². The smallest absolute Gasteiger partial charge is 0.306 e. The van der Waals surface area contributed by atoms with Crippen LogP contribution in [0.25, 0.3) is 0 Å². The van der Waals surface area contributed by atoms with Gasteiger partial charge in [0.25, 0.3) is 0 Å². The molecule has 1 aliphatic rings. The van der Waals surface area contributed by atoms with Gasteiger partial charge in [-0.3, -0.25) is 19.3 Å². The van der Waals surface area contributed by atoms with Crippen LogP contribution in [0.5, 0.6) is 0 Å². The van der Waals surface area contributed by atoms with Gasteiger partial charge in [-0.1, -0.05) is 75.1 Å². The second kappa shape index (κ2) is 17.5. The molecule has 1 unspecified atom stereocenters. The molecule has 1 saturated heterocycles. The quantitative estimate of drug-likeness (QED) is 0.116. The third kappa shape index (κ3) is 9.80. The Balaban J connectivity index is 1.61. The van der Waals surface area contributed by atoms with Crippen molar-refractivity contribution in [3.8, 4) is 0 Å². The monoisotopic (exact) mass is 671 g/mol. The Hall–Kier alpha value is -2.40. The first-order chi connectivity index (χ1) is 21.5. The van der Waals surface area contributed by atoms with Crippen LogP contribution in [0.4, 0.5) is 5.69 Å². The van der Waals surface area contributed by atoms with Gasteiger partial charge in [0.05, 0.1) is 23.3 Å². The summed E-state index contributed by atoms with van der Waals surface area (Å²) in [7, 11) is 0. The zero-order chi connectivity index (χ0) is 33.0. The van der Waals surface area contributed by atoms with Crippen molar-refractivity contribution in [2.75, 3.05) is 56.5 Å². The van der Waals surface area contributed by atoms with Crippen LogP contribution in [0.15, 0.2) is 54.6 Å². The topological polar surface area (TPSA) is 70.2 Å². The summed E-state index contributed by atoms with van der Waals surface area (Å²) < 4.78 is 4.93. The molecule has 1 aliphatic heterocycles. The highest BCUT2D eigenvalue weighted by molar-refractivity contribution is 8.47. The first-order valence-corrected chi connectivity index (χ1v) is 18.2. The molecule has 0 aromatic heterocycles. The number of amides is 1. The largest absolute Gasteiger partial charge is 0.466 e. The molecule has 2 aromatic rings. The van der Waals surface area contributed by atoms with Gasteiger partial charge in [-0.25, -0.2) is 0 Å². The number of hydrogen-bond acceptors (Lipinski definition) is 9. The summed E-state index contributed by atoms with van der Waals surface area (Å²) in [5, 5.41) is 0. The van der Waals surface area contributed by atoms with E-state index < -0.39 is 10.3 Å². The van der Waals surface area contributed by atoms with Gasteiger partial charge in [0.1, 0.15) is 3.53 Å². The Morgan fingerprint density at radius 2 is 1.53 bits per heavy atom. The summed E-state index contributed by atoms with van der Waals surface area (Å²) in [5.41, 5.74) is 2.34. The zero-order valence-corrected chi connectivity index (χ0v) is 30.1. The summed E-state index contributed by atoms with van der Waals surface area (Å²) in [6.45, 7) is 16.6. The number of esters is 1. The number of benzene rings is 2. The van der Waals surface area contributed by atoms with Crippen molar-refractivity contribution in [3.05, 3.63) is 65.7 Å². The number of carbonyl (C=O) groups excluding carboxylic acids is 3. The Morgan fingerprint density at radius 3 is 2.09 bits per heavy atom. The first-order valence-electron chi connectivity index (χ1n) is 16.0. The molecule has 7 nitrogen and oxygen atoms in total. The maximum Gasteiger partial charge on any atom is 0.306 e. The number of thioether (sulfide) groups is 2. The molecule has 1 amide bonds. The van der Waals surface area contributed by atoms with Gasteiger partial charge in [-0.15, -0.1) is 11.8 Å². The minimum absolute atomic E-state index is 0.0622. The van der Waals surface area contributed by atoms with E-state index in [1.165, 1.54) is 29.1 Å². The lowest BCUT2D eigenvalue weighted by Crippen LogP contribution is -2.55. The average Bonchev–Trinajstić information content (AvgIpc) is 3.04. The van der Waals surface area contributed by atoms with Crippen molar-refractivity contribution in [1.29, 1.82) is 0 Å². The highest BCUT2D eigenvalue weighted by Crippen LogP contribution is 2.34.